The van der Waals surface area contributed by atoms with Gasteiger partial charge in [-0.25, -0.2) is 0 Å². The van der Waals surface area contributed by atoms with Crippen molar-refractivity contribution in [2.45, 2.75) is 25.8 Å². The van der Waals surface area contributed by atoms with Gasteiger partial charge in [0.1, 0.15) is 0 Å². The molecule has 0 aliphatic heterocycles. The highest BCUT2D eigenvalue weighted by Crippen LogP contribution is 2.31. The first-order valence-corrected chi connectivity index (χ1v) is 8.76. The van der Waals surface area contributed by atoms with Crippen molar-refractivity contribution in [3.05, 3.63) is 49.1 Å². The smallest absolute Gasteiger partial charge is 0.0766 e. The molecule has 1 heterocycles. The Bertz CT molecular complexity index is 640. The summed E-state index contributed by atoms with van der Waals surface area (Å²) in [6.45, 7) is 2.11. The van der Waals surface area contributed by atoms with Crippen molar-refractivity contribution in [2.24, 2.45) is 7.05 Å². The summed E-state index contributed by atoms with van der Waals surface area (Å²) in [5.74, 6) is 0. The van der Waals surface area contributed by atoms with Crippen LogP contribution in [0.1, 0.15) is 29.9 Å². The highest BCUT2D eigenvalue weighted by Gasteiger charge is 2.19. The summed E-state index contributed by atoms with van der Waals surface area (Å²) in [4.78, 5) is 0. The van der Waals surface area contributed by atoms with Gasteiger partial charge in [0.05, 0.1) is 15.9 Å². The number of likely N-dealkylation sites (N-methyl/N-ethyl adjacent to an activating group) is 1. The first kappa shape index (κ1) is 17.0. The Morgan fingerprint density at radius 2 is 2.10 bits per heavy atom. The fourth-order valence-corrected chi connectivity index (χ4v) is 3.87. The Morgan fingerprint density at radius 1 is 1.38 bits per heavy atom. The molecule has 0 fully saturated rings. The molecule has 1 atom stereocenters. The first-order valence-electron chi connectivity index (χ1n) is 6.80. The molecule has 0 aliphatic carbocycles. The molecule has 2 rings (SSSR count). The van der Waals surface area contributed by atoms with E-state index in [1.807, 2.05) is 37.0 Å². The minimum Gasteiger partial charge on any atom is -0.313 e. The Kier molecular flexibility index (Phi) is 5.88. The second-order valence-corrected chi connectivity index (χ2v) is 6.98. The molecule has 1 aromatic carbocycles. The predicted molar refractivity (Wildman–Crippen MR) is 94.9 cm³/mol. The third-order valence-corrected chi connectivity index (χ3v) is 5.45. The number of nitrogens with one attached hydrogen (secondary N) is 1. The quantitative estimate of drug-likeness (QED) is 0.740. The van der Waals surface area contributed by atoms with Gasteiger partial charge < -0.3 is 5.32 Å². The van der Waals surface area contributed by atoms with Crippen molar-refractivity contribution in [1.29, 1.82) is 0 Å². The van der Waals surface area contributed by atoms with Gasteiger partial charge in [-0.3, -0.25) is 4.68 Å². The zero-order chi connectivity index (χ0) is 15.6. The predicted octanol–water partition coefficient (Wildman–Crippen LogP) is 4.66. The number of rotatable bonds is 5. The van der Waals surface area contributed by atoms with Crippen LogP contribution < -0.4 is 5.32 Å². The molecular weight excluding hydrogens is 417 g/mol. The number of hydrogen-bond donors (Lipinski definition) is 1. The van der Waals surface area contributed by atoms with E-state index in [0.717, 1.165) is 38.1 Å². The number of hydrogen-bond acceptors (Lipinski definition) is 2. The zero-order valence-electron chi connectivity index (χ0n) is 12.3. The van der Waals surface area contributed by atoms with Gasteiger partial charge in [-0.05, 0) is 53.2 Å². The van der Waals surface area contributed by atoms with Crippen LogP contribution >= 0.6 is 43.5 Å². The van der Waals surface area contributed by atoms with Gasteiger partial charge >= 0.3 is 0 Å². The van der Waals surface area contributed by atoms with Crippen molar-refractivity contribution >= 4 is 43.5 Å². The molecule has 1 N–H and O–H groups in total. The molecule has 2 aromatic rings. The van der Waals surface area contributed by atoms with Crippen molar-refractivity contribution < 1.29 is 0 Å². The molecule has 21 heavy (non-hydrogen) atoms. The van der Waals surface area contributed by atoms with Gasteiger partial charge in [0, 0.05) is 29.0 Å². The molecule has 0 spiro atoms. The van der Waals surface area contributed by atoms with Crippen LogP contribution in [-0.2, 0) is 19.9 Å². The zero-order valence-corrected chi connectivity index (χ0v) is 16.2. The van der Waals surface area contributed by atoms with Gasteiger partial charge in [-0.2, -0.15) is 5.10 Å². The van der Waals surface area contributed by atoms with Crippen molar-refractivity contribution in [3.63, 3.8) is 0 Å². The van der Waals surface area contributed by atoms with Gasteiger partial charge in [-0.1, -0.05) is 34.5 Å². The van der Waals surface area contributed by atoms with Crippen LogP contribution in [0.25, 0.3) is 0 Å². The number of nitrogens with zero attached hydrogens (tertiary/aromatic N) is 2. The molecule has 0 radical (unpaired) electrons. The summed E-state index contributed by atoms with van der Waals surface area (Å²) in [5, 5.41) is 8.66. The average molecular weight is 436 g/mol. The van der Waals surface area contributed by atoms with E-state index in [9.17, 15) is 0 Å². The average Bonchev–Trinajstić information content (AvgIpc) is 2.74. The summed E-state index contributed by atoms with van der Waals surface area (Å²) >= 11 is 13.4. The lowest BCUT2D eigenvalue weighted by molar-refractivity contribution is 0.558. The molecular formula is C15H18Br2ClN3. The lowest BCUT2D eigenvalue weighted by Gasteiger charge is -2.19. The van der Waals surface area contributed by atoms with Crippen LogP contribution in [0.2, 0.25) is 5.02 Å². The lowest BCUT2D eigenvalue weighted by atomic mass is 10.0. The highest BCUT2D eigenvalue weighted by atomic mass is 79.9. The van der Waals surface area contributed by atoms with Crippen molar-refractivity contribution in [2.75, 3.05) is 7.05 Å². The summed E-state index contributed by atoms with van der Waals surface area (Å²) in [6.07, 6.45) is 1.75. The fourth-order valence-electron chi connectivity index (χ4n) is 2.38. The molecule has 1 aromatic heterocycles. The molecule has 0 bridgehead atoms. The summed E-state index contributed by atoms with van der Waals surface area (Å²) < 4.78 is 4.11. The van der Waals surface area contributed by atoms with Crippen LogP contribution in [0.3, 0.4) is 0 Å². The number of halogens is 3. The largest absolute Gasteiger partial charge is 0.313 e. The minimum atomic E-state index is 0.162. The van der Waals surface area contributed by atoms with E-state index in [1.165, 1.54) is 5.69 Å². The molecule has 0 amide bonds. The summed E-state index contributed by atoms with van der Waals surface area (Å²) in [5.41, 5.74) is 3.42. The second kappa shape index (κ2) is 7.27. The van der Waals surface area contributed by atoms with Gasteiger partial charge in [-0.15, -0.1) is 0 Å². The van der Waals surface area contributed by atoms with Gasteiger partial charge in [0.25, 0.3) is 0 Å². The lowest BCUT2D eigenvalue weighted by Crippen LogP contribution is -2.20. The molecule has 0 saturated heterocycles. The molecule has 6 heteroatoms. The van der Waals surface area contributed by atoms with E-state index in [4.69, 9.17) is 11.6 Å². The molecule has 1 unspecified atom stereocenters. The maximum Gasteiger partial charge on any atom is 0.0766 e. The van der Waals surface area contributed by atoms with Crippen LogP contribution in [-0.4, -0.2) is 16.8 Å². The Labute approximate surface area is 147 Å². The Morgan fingerprint density at radius 3 is 2.67 bits per heavy atom. The number of aromatic nitrogens is 2. The van der Waals surface area contributed by atoms with Gasteiger partial charge in [0.2, 0.25) is 0 Å². The SMILES string of the molecule is CCc1nn(C)c(CC(NC)c2cc(Cl)ccc2Br)c1Br. The third kappa shape index (κ3) is 3.70. The molecule has 3 nitrogen and oxygen atoms in total. The first-order chi connectivity index (χ1) is 9.97. The maximum atomic E-state index is 6.13. The Hall–Kier alpha value is -0.360. The minimum absolute atomic E-state index is 0.162. The highest BCUT2D eigenvalue weighted by molar-refractivity contribution is 9.10. The van der Waals surface area contributed by atoms with E-state index in [-0.39, 0.29) is 6.04 Å². The number of benzene rings is 1. The fraction of sp³-hybridized carbons (Fsp3) is 0.400. The van der Waals surface area contributed by atoms with Crippen LogP contribution in [0.5, 0.6) is 0 Å². The van der Waals surface area contributed by atoms with Crippen LogP contribution in [0.15, 0.2) is 27.1 Å². The van der Waals surface area contributed by atoms with E-state index in [1.54, 1.807) is 0 Å². The summed E-state index contributed by atoms with van der Waals surface area (Å²) in [6, 6.07) is 6.03. The normalized spacial score (nSPS) is 12.7. The molecule has 0 aliphatic rings. The van der Waals surface area contributed by atoms with E-state index in [0.29, 0.717) is 0 Å². The molecule has 114 valence electrons. The standard InChI is InChI=1S/C15H18Br2ClN3/c1-4-12-15(17)14(21(3)20-12)8-13(19-2)10-7-9(18)5-6-11(10)16/h5-7,13,19H,4,8H2,1-3H3. The van der Waals surface area contributed by atoms with Crippen LogP contribution in [0, 0.1) is 0 Å². The summed E-state index contributed by atoms with van der Waals surface area (Å²) in [7, 11) is 3.95. The van der Waals surface area contributed by atoms with Crippen LogP contribution in [0.4, 0.5) is 0 Å². The van der Waals surface area contributed by atoms with E-state index >= 15 is 0 Å². The number of aryl methyl sites for hydroxylation is 2. The Balaban J connectivity index is 2.36. The van der Waals surface area contributed by atoms with E-state index < -0.39 is 0 Å². The monoisotopic (exact) mass is 433 g/mol. The topological polar surface area (TPSA) is 29.9 Å². The second-order valence-electron chi connectivity index (χ2n) is 4.90. The van der Waals surface area contributed by atoms with Gasteiger partial charge in [0.15, 0.2) is 0 Å². The van der Waals surface area contributed by atoms with Crippen molar-refractivity contribution in [1.82, 2.24) is 15.1 Å². The molecule has 0 saturated carbocycles. The van der Waals surface area contributed by atoms with E-state index in [2.05, 4.69) is 49.2 Å². The maximum absolute atomic E-state index is 6.13. The third-order valence-electron chi connectivity index (χ3n) is 3.58. The van der Waals surface area contributed by atoms with Crippen molar-refractivity contribution in [3.8, 4) is 0 Å².